The second kappa shape index (κ2) is 10.3. The molecule has 194 valence electrons. The number of halogens is 3. The first-order chi connectivity index (χ1) is 17.0. The first kappa shape index (κ1) is 25.7. The summed E-state index contributed by atoms with van der Waals surface area (Å²) >= 11 is 0. The Morgan fingerprint density at radius 2 is 1.78 bits per heavy atom. The van der Waals surface area contributed by atoms with Gasteiger partial charge in [-0.1, -0.05) is 0 Å². The molecule has 4 rings (SSSR count). The molecule has 3 aromatic rings. The molecule has 11 heteroatoms. The molecule has 0 unspecified atom stereocenters. The highest BCUT2D eigenvalue weighted by atomic mass is 19.4. The Balaban J connectivity index is 1.57. The van der Waals surface area contributed by atoms with Crippen molar-refractivity contribution in [3.05, 3.63) is 41.6 Å². The van der Waals surface area contributed by atoms with Crippen LogP contribution in [0.25, 0.3) is 10.9 Å². The summed E-state index contributed by atoms with van der Waals surface area (Å²) in [5.41, 5.74) is 6.27. The quantitative estimate of drug-likeness (QED) is 0.471. The summed E-state index contributed by atoms with van der Waals surface area (Å²) in [5, 5.41) is 4.13. The number of pyridine rings is 1. The van der Waals surface area contributed by atoms with E-state index in [0.29, 0.717) is 41.9 Å². The number of fused-ring (bicyclic) bond motifs is 1. The van der Waals surface area contributed by atoms with Crippen LogP contribution in [-0.4, -0.2) is 72.7 Å². The normalized spacial score (nSPS) is 15.1. The lowest BCUT2D eigenvalue weighted by Crippen LogP contribution is -2.49. The molecule has 1 aliphatic rings. The van der Waals surface area contributed by atoms with Gasteiger partial charge in [0.1, 0.15) is 11.6 Å². The number of nitrogens with zero attached hydrogens (tertiary/aromatic N) is 6. The highest BCUT2D eigenvalue weighted by molar-refractivity contribution is 5.91. The van der Waals surface area contributed by atoms with Gasteiger partial charge < -0.3 is 20.9 Å². The minimum atomic E-state index is -4.44. The van der Waals surface area contributed by atoms with E-state index in [9.17, 15) is 13.2 Å². The lowest BCUT2D eigenvalue weighted by molar-refractivity contribution is -0.137. The van der Waals surface area contributed by atoms with Crippen LogP contribution in [0.15, 0.2) is 30.5 Å². The van der Waals surface area contributed by atoms with Crippen molar-refractivity contribution in [2.24, 2.45) is 0 Å². The van der Waals surface area contributed by atoms with Gasteiger partial charge in [0, 0.05) is 63.9 Å². The van der Waals surface area contributed by atoms with E-state index in [1.165, 1.54) is 0 Å². The number of piperazine rings is 1. The summed E-state index contributed by atoms with van der Waals surface area (Å²) in [7, 11) is 3.71. The molecule has 36 heavy (non-hydrogen) atoms. The molecule has 0 aliphatic carbocycles. The van der Waals surface area contributed by atoms with Crippen molar-refractivity contribution >= 4 is 34.2 Å². The Morgan fingerprint density at radius 3 is 2.42 bits per heavy atom. The van der Waals surface area contributed by atoms with Gasteiger partial charge in [-0.05, 0) is 50.1 Å². The third-order valence-corrected chi connectivity index (χ3v) is 6.37. The predicted octanol–water partition coefficient (Wildman–Crippen LogP) is 3.88. The van der Waals surface area contributed by atoms with Crippen molar-refractivity contribution in [1.82, 2.24) is 19.9 Å². The zero-order valence-corrected chi connectivity index (χ0v) is 21.1. The number of alkyl halides is 3. The summed E-state index contributed by atoms with van der Waals surface area (Å²) in [4.78, 5) is 20.5. The fourth-order valence-corrected chi connectivity index (χ4v) is 4.34. The highest BCUT2D eigenvalue weighted by Crippen LogP contribution is 2.32. The molecule has 0 atom stereocenters. The Hall–Kier alpha value is -3.34. The Morgan fingerprint density at radius 1 is 1.06 bits per heavy atom. The number of nitrogens with one attached hydrogen (secondary N) is 1. The van der Waals surface area contributed by atoms with Crippen molar-refractivity contribution in [1.29, 1.82) is 0 Å². The SMILES string of the molecule is CC(C)N1CCN(c2cc3c(NCCc4cc(N)cc(C(F)(F)F)c4)nc(N(C)C)nc3cn2)CC1. The van der Waals surface area contributed by atoms with Crippen molar-refractivity contribution in [3.8, 4) is 0 Å². The molecule has 2 aromatic heterocycles. The maximum Gasteiger partial charge on any atom is 0.416 e. The van der Waals surface area contributed by atoms with Crippen molar-refractivity contribution in [2.75, 3.05) is 67.7 Å². The second-order valence-electron chi connectivity index (χ2n) is 9.58. The van der Waals surface area contributed by atoms with Crippen LogP contribution in [0.3, 0.4) is 0 Å². The number of rotatable bonds is 7. The summed E-state index contributed by atoms with van der Waals surface area (Å²) < 4.78 is 39.5. The molecule has 0 spiro atoms. The van der Waals surface area contributed by atoms with Crippen LogP contribution < -0.4 is 20.9 Å². The number of nitrogens with two attached hydrogens (primary N) is 1. The fourth-order valence-electron chi connectivity index (χ4n) is 4.34. The molecule has 0 amide bonds. The highest BCUT2D eigenvalue weighted by Gasteiger charge is 2.31. The third kappa shape index (κ3) is 5.89. The van der Waals surface area contributed by atoms with Gasteiger partial charge in [-0.2, -0.15) is 18.2 Å². The minimum absolute atomic E-state index is 0.0930. The molecule has 0 radical (unpaired) electrons. The van der Waals surface area contributed by atoms with E-state index in [1.54, 1.807) is 17.2 Å². The Labute approximate surface area is 209 Å². The van der Waals surface area contributed by atoms with E-state index < -0.39 is 11.7 Å². The van der Waals surface area contributed by atoms with E-state index in [1.807, 2.05) is 20.2 Å². The van der Waals surface area contributed by atoms with Gasteiger partial charge in [-0.3, -0.25) is 4.90 Å². The van der Waals surface area contributed by atoms with Gasteiger partial charge in [0.05, 0.1) is 17.3 Å². The molecule has 3 N–H and O–H groups in total. The van der Waals surface area contributed by atoms with Gasteiger partial charge in [0.25, 0.3) is 0 Å². The Bertz CT molecular complexity index is 1200. The average molecular weight is 503 g/mol. The smallest absolute Gasteiger partial charge is 0.399 e. The fraction of sp³-hybridized carbons (Fsp3) is 0.480. The molecule has 1 saturated heterocycles. The standard InChI is InChI=1S/C25H33F3N8/c1-16(2)35-7-9-36(10-8-35)22-14-20-21(15-31-22)32-24(34(3)4)33-23(20)30-6-5-17-11-18(25(26,27)28)13-19(29)12-17/h11-16H,5-10,29H2,1-4H3,(H,30,32,33). The van der Waals surface area contributed by atoms with Gasteiger partial charge in [0.2, 0.25) is 5.95 Å². The monoisotopic (exact) mass is 502 g/mol. The van der Waals surface area contributed by atoms with Crippen molar-refractivity contribution in [3.63, 3.8) is 0 Å². The molecular weight excluding hydrogens is 469 g/mol. The van der Waals surface area contributed by atoms with Crippen LogP contribution >= 0.6 is 0 Å². The molecule has 3 heterocycles. The third-order valence-electron chi connectivity index (χ3n) is 6.37. The van der Waals surface area contributed by atoms with Crippen molar-refractivity contribution < 1.29 is 13.2 Å². The number of nitrogen functional groups attached to an aromatic ring is 1. The van der Waals surface area contributed by atoms with Crippen LogP contribution in [-0.2, 0) is 12.6 Å². The van der Waals surface area contributed by atoms with E-state index in [2.05, 4.69) is 43.9 Å². The van der Waals surface area contributed by atoms with Gasteiger partial charge in [-0.25, -0.2) is 9.97 Å². The second-order valence-corrected chi connectivity index (χ2v) is 9.58. The predicted molar refractivity (Wildman–Crippen MR) is 139 cm³/mol. The zero-order chi connectivity index (χ0) is 26.0. The summed E-state index contributed by atoms with van der Waals surface area (Å²) in [5.74, 6) is 2.00. The van der Waals surface area contributed by atoms with E-state index >= 15 is 0 Å². The van der Waals surface area contributed by atoms with Gasteiger partial charge >= 0.3 is 6.18 Å². The van der Waals surface area contributed by atoms with Gasteiger partial charge in [-0.15, -0.1) is 0 Å². The first-order valence-corrected chi connectivity index (χ1v) is 12.1. The summed E-state index contributed by atoms with van der Waals surface area (Å²) in [6.07, 6.45) is -2.33. The largest absolute Gasteiger partial charge is 0.416 e. The number of hydrogen-bond acceptors (Lipinski definition) is 8. The maximum absolute atomic E-state index is 13.2. The zero-order valence-electron chi connectivity index (χ0n) is 21.1. The molecule has 1 aromatic carbocycles. The molecular formula is C25H33F3N8. The molecule has 0 bridgehead atoms. The van der Waals surface area contributed by atoms with Crippen LogP contribution in [0.2, 0.25) is 0 Å². The summed E-state index contributed by atoms with van der Waals surface area (Å²) in [6.45, 7) is 8.49. The van der Waals surface area contributed by atoms with Crippen molar-refractivity contribution in [2.45, 2.75) is 32.5 Å². The summed E-state index contributed by atoms with van der Waals surface area (Å²) in [6, 6.07) is 6.16. The van der Waals surface area contributed by atoms with Crippen LogP contribution in [0.4, 0.5) is 36.4 Å². The number of benzene rings is 1. The lowest BCUT2D eigenvalue weighted by atomic mass is 10.1. The number of hydrogen-bond donors (Lipinski definition) is 2. The number of anilines is 4. The van der Waals surface area contributed by atoms with E-state index in [-0.39, 0.29) is 5.69 Å². The average Bonchev–Trinajstić information content (AvgIpc) is 2.82. The van der Waals surface area contributed by atoms with E-state index in [0.717, 1.165) is 49.5 Å². The number of aromatic nitrogens is 3. The van der Waals surface area contributed by atoms with Crippen LogP contribution in [0.5, 0.6) is 0 Å². The Kier molecular flexibility index (Phi) is 7.39. The van der Waals surface area contributed by atoms with E-state index in [4.69, 9.17) is 5.73 Å². The molecule has 8 nitrogen and oxygen atoms in total. The maximum atomic E-state index is 13.2. The first-order valence-electron chi connectivity index (χ1n) is 12.1. The molecule has 0 saturated carbocycles. The van der Waals surface area contributed by atoms with Crippen LogP contribution in [0.1, 0.15) is 25.0 Å². The molecule has 1 fully saturated rings. The van der Waals surface area contributed by atoms with Crippen LogP contribution in [0, 0.1) is 0 Å². The lowest BCUT2D eigenvalue weighted by Gasteiger charge is -2.37. The minimum Gasteiger partial charge on any atom is -0.399 e. The molecule has 1 aliphatic heterocycles. The van der Waals surface area contributed by atoms with Gasteiger partial charge in [0.15, 0.2) is 0 Å². The topological polar surface area (TPSA) is 86.4 Å².